The zero-order valence-corrected chi connectivity index (χ0v) is 11.7. The van der Waals surface area contributed by atoms with E-state index in [4.69, 9.17) is 0 Å². The second kappa shape index (κ2) is 4.70. The van der Waals surface area contributed by atoms with E-state index in [0.29, 0.717) is 12.0 Å². The predicted molar refractivity (Wildman–Crippen MR) is 69.7 cm³/mol. The molecule has 0 spiro atoms. The number of nitrogens with zero attached hydrogens (tertiary/aromatic N) is 3. The third kappa shape index (κ3) is 2.94. The molecule has 2 rings (SSSR count). The molecule has 4 heteroatoms. The average molecular weight is 284 g/mol. The van der Waals surface area contributed by atoms with E-state index in [1.165, 1.54) is 12.8 Å². The molecule has 1 aliphatic carbocycles. The molecule has 1 aromatic rings. The number of halogens is 1. The van der Waals surface area contributed by atoms with E-state index in [0.717, 1.165) is 22.8 Å². The van der Waals surface area contributed by atoms with Crippen molar-refractivity contribution in [1.82, 2.24) is 9.97 Å². The van der Waals surface area contributed by atoms with Gasteiger partial charge in [0.25, 0.3) is 0 Å². The summed E-state index contributed by atoms with van der Waals surface area (Å²) in [4.78, 5) is 11.2. The van der Waals surface area contributed by atoms with Crippen molar-refractivity contribution in [1.29, 1.82) is 0 Å². The van der Waals surface area contributed by atoms with E-state index >= 15 is 0 Å². The monoisotopic (exact) mass is 283 g/mol. The molecule has 0 saturated heterocycles. The van der Waals surface area contributed by atoms with Crippen LogP contribution in [0.2, 0.25) is 0 Å². The molecule has 0 aromatic carbocycles. The van der Waals surface area contributed by atoms with Crippen LogP contribution in [0.5, 0.6) is 0 Å². The highest BCUT2D eigenvalue weighted by Gasteiger charge is 2.30. The number of aryl methyl sites for hydroxylation is 1. The Labute approximate surface area is 105 Å². The summed E-state index contributed by atoms with van der Waals surface area (Å²) in [5.74, 6) is 2.56. The van der Waals surface area contributed by atoms with Crippen LogP contribution in [-0.4, -0.2) is 22.6 Å². The van der Waals surface area contributed by atoms with Gasteiger partial charge in [0.15, 0.2) is 0 Å². The molecule has 1 fully saturated rings. The van der Waals surface area contributed by atoms with Crippen LogP contribution in [0, 0.1) is 12.8 Å². The minimum atomic E-state index is 0.662. The smallest absolute Gasteiger partial charge is 0.133 e. The summed E-state index contributed by atoms with van der Waals surface area (Å²) in [5, 5.41) is 0. The molecule has 0 amide bonds. The van der Waals surface area contributed by atoms with Gasteiger partial charge in [0, 0.05) is 18.7 Å². The summed E-state index contributed by atoms with van der Waals surface area (Å²) < 4.78 is 0.879. The van der Waals surface area contributed by atoms with Gasteiger partial charge in [0.2, 0.25) is 0 Å². The van der Waals surface area contributed by atoms with Crippen molar-refractivity contribution in [2.45, 2.75) is 39.7 Å². The molecule has 0 radical (unpaired) electrons. The fourth-order valence-corrected chi connectivity index (χ4v) is 2.33. The van der Waals surface area contributed by atoms with Gasteiger partial charge in [-0.05, 0) is 41.6 Å². The second-order valence-electron chi connectivity index (χ2n) is 4.87. The predicted octanol–water partition coefficient (Wildman–Crippen LogP) is 3.17. The highest BCUT2D eigenvalue weighted by Crippen LogP contribution is 2.32. The van der Waals surface area contributed by atoms with Crippen LogP contribution in [0.25, 0.3) is 0 Å². The zero-order valence-electron chi connectivity index (χ0n) is 10.1. The van der Waals surface area contributed by atoms with Crippen molar-refractivity contribution in [2.24, 2.45) is 5.92 Å². The standard InChI is InChI=1S/C12H18BrN3/c1-8(2)7-16(10-4-5-10)12-6-11(13)14-9(3)15-12/h6,8,10H,4-5,7H2,1-3H3. The van der Waals surface area contributed by atoms with E-state index < -0.39 is 0 Å². The number of aromatic nitrogens is 2. The Morgan fingerprint density at radius 2 is 2.12 bits per heavy atom. The molecule has 0 aliphatic heterocycles. The van der Waals surface area contributed by atoms with Gasteiger partial charge in [0.1, 0.15) is 16.2 Å². The minimum absolute atomic E-state index is 0.662. The molecule has 3 nitrogen and oxygen atoms in total. The maximum Gasteiger partial charge on any atom is 0.133 e. The topological polar surface area (TPSA) is 29.0 Å². The Balaban J connectivity index is 2.23. The lowest BCUT2D eigenvalue weighted by Crippen LogP contribution is -2.30. The molecule has 0 bridgehead atoms. The van der Waals surface area contributed by atoms with E-state index in [1.807, 2.05) is 13.0 Å². The van der Waals surface area contributed by atoms with Gasteiger partial charge >= 0.3 is 0 Å². The van der Waals surface area contributed by atoms with Gasteiger partial charge in [-0.15, -0.1) is 0 Å². The van der Waals surface area contributed by atoms with E-state index in [9.17, 15) is 0 Å². The average Bonchev–Trinajstić information content (AvgIpc) is 2.95. The van der Waals surface area contributed by atoms with E-state index in [1.54, 1.807) is 0 Å². The Bertz CT molecular complexity index is 354. The first-order chi connectivity index (χ1) is 7.56. The molecular formula is C12H18BrN3. The summed E-state index contributed by atoms with van der Waals surface area (Å²) >= 11 is 3.44. The van der Waals surface area contributed by atoms with Crippen LogP contribution < -0.4 is 4.90 Å². The first-order valence-electron chi connectivity index (χ1n) is 5.84. The lowest BCUT2D eigenvalue weighted by Gasteiger charge is -2.25. The SMILES string of the molecule is Cc1nc(Br)cc(N(CC(C)C)C2CC2)n1. The molecule has 0 unspecified atom stereocenters. The maximum atomic E-state index is 4.53. The van der Waals surface area contributed by atoms with Crippen molar-refractivity contribution >= 4 is 21.7 Å². The number of rotatable bonds is 4. The Morgan fingerprint density at radius 1 is 1.44 bits per heavy atom. The van der Waals surface area contributed by atoms with Crippen LogP contribution in [0.1, 0.15) is 32.5 Å². The summed E-state index contributed by atoms with van der Waals surface area (Å²) in [6.07, 6.45) is 2.60. The Hall–Kier alpha value is -0.640. The Kier molecular flexibility index (Phi) is 3.47. The highest BCUT2D eigenvalue weighted by molar-refractivity contribution is 9.10. The lowest BCUT2D eigenvalue weighted by molar-refractivity contribution is 0.601. The van der Waals surface area contributed by atoms with E-state index in [-0.39, 0.29) is 0 Å². The van der Waals surface area contributed by atoms with Crippen LogP contribution in [-0.2, 0) is 0 Å². The molecule has 88 valence electrons. The summed E-state index contributed by atoms with van der Waals surface area (Å²) in [7, 11) is 0. The number of anilines is 1. The van der Waals surface area contributed by atoms with Crippen LogP contribution in [0.3, 0.4) is 0 Å². The van der Waals surface area contributed by atoms with Gasteiger partial charge in [-0.25, -0.2) is 9.97 Å². The van der Waals surface area contributed by atoms with Crippen molar-refractivity contribution in [3.8, 4) is 0 Å². The van der Waals surface area contributed by atoms with Gasteiger partial charge in [-0.3, -0.25) is 0 Å². The summed E-state index contributed by atoms with van der Waals surface area (Å²) in [5.41, 5.74) is 0. The number of hydrogen-bond acceptors (Lipinski definition) is 3. The normalized spacial score (nSPS) is 15.6. The highest BCUT2D eigenvalue weighted by atomic mass is 79.9. The van der Waals surface area contributed by atoms with Gasteiger partial charge in [0.05, 0.1) is 0 Å². The molecular weight excluding hydrogens is 266 g/mol. The van der Waals surface area contributed by atoms with Crippen LogP contribution >= 0.6 is 15.9 Å². The molecule has 1 aromatic heterocycles. The fourth-order valence-electron chi connectivity index (χ4n) is 1.87. The largest absolute Gasteiger partial charge is 0.353 e. The molecule has 16 heavy (non-hydrogen) atoms. The summed E-state index contributed by atoms with van der Waals surface area (Å²) in [6, 6.07) is 2.72. The maximum absolute atomic E-state index is 4.53. The molecule has 1 aliphatic rings. The first-order valence-corrected chi connectivity index (χ1v) is 6.63. The molecule has 0 N–H and O–H groups in total. The summed E-state index contributed by atoms with van der Waals surface area (Å²) in [6.45, 7) is 7.51. The molecule has 1 saturated carbocycles. The molecule has 1 heterocycles. The van der Waals surface area contributed by atoms with Crippen molar-refractivity contribution in [3.05, 3.63) is 16.5 Å². The molecule has 0 atom stereocenters. The quantitative estimate of drug-likeness (QED) is 0.795. The fraction of sp³-hybridized carbons (Fsp3) is 0.667. The second-order valence-corrected chi connectivity index (χ2v) is 5.69. The van der Waals surface area contributed by atoms with Crippen LogP contribution in [0.4, 0.5) is 5.82 Å². The Morgan fingerprint density at radius 3 is 2.62 bits per heavy atom. The minimum Gasteiger partial charge on any atom is -0.353 e. The van der Waals surface area contributed by atoms with Crippen molar-refractivity contribution in [2.75, 3.05) is 11.4 Å². The third-order valence-corrected chi connectivity index (χ3v) is 3.04. The van der Waals surface area contributed by atoms with Gasteiger partial charge in [-0.1, -0.05) is 13.8 Å². The van der Waals surface area contributed by atoms with Crippen molar-refractivity contribution < 1.29 is 0 Å². The van der Waals surface area contributed by atoms with Gasteiger partial charge < -0.3 is 4.90 Å². The van der Waals surface area contributed by atoms with E-state index in [2.05, 4.69) is 44.6 Å². The third-order valence-electron chi connectivity index (χ3n) is 2.64. The lowest BCUT2D eigenvalue weighted by atomic mass is 10.2. The first kappa shape index (κ1) is 11.8. The zero-order chi connectivity index (χ0) is 11.7. The van der Waals surface area contributed by atoms with Crippen molar-refractivity contribution in [3.63, 3.8) is 0 Å². The van der Waals surface area contributed by atoms with Crippen LogP contribution in [0.15, 0.2) is 10.7 Å². The van der Waals surface area contributed by atoms with Gasteiger partial charge in [-0.2, -0.15) is 0 Å². The number of hydrogen-bond donors (Lipinski definition) is 0.